The number of nitrogens with zero attached hydrogens (tertiary/aromatic N) is 4. The Morgan fingerprint density at radius 1 is 1.41 bits per heavy atom. The van der Waals surface area contributed by atoms with E-state index in [-0.39, 0.29) is 6.04 Å². The van der Waals surface area contributed by atoms with Crippen LogP contribution in [0.5, 0.6) is 0 Å². The SMILES string of the molecule is CNC(c1sc(C)nc1C)c1c(Br)nnn1C. The van der Waals surface area contributed by atoms with Gasteiger partial charge in [-0.15, -0.1) is 16.4 Å². The minimum atomic E-state index is 0.0653. The third kappa shape index (κ3) is 2.27. The molecule has 0 fully saturated rings. The van der Waals surface area contributed by atoms with Crippen LogP contribution in [-0.4, -0.2) is 27.0 Å². The molecule has 7 heteroatoms. The number of nitrogens with one attached hydrogen (secondary N) is 1. The molecule has 2 aromatic heterocycles. The lowest BCUT2D eigenvalue weighted by molar-refractivity contribution is 0.600. The van der Waals surface area contributed by atoms with E-state index in [2.05, 4.69) is 36.5 Å². The molecule has 0 aromatic carbocycles. The Morgan fingerprint density at radius 3 is 2.53 bits per heavy atom. The van der Waals surface area contributed by atoms with Crippen molar-refractivity contribution in [2.75, 3.05) is 7.05 Å². The summed E-state index contributed by atoms with van der Waals surface area (Å²) in [7, 11) is 3.82. The summed E-state index contributed by atoms with van der Waals surface area (Å²) >= 11 is 5.14. The van der Waals surface area contributed by atoms with Crippen molar-refractivity contribution in [1.29, 1.82) is 0 Å². The van der Waals surface area contributed by atoms with Gasteiger partial charge in [0, 0.05) is 7.05 Å². The summed E-state index contributed by atoms with van der Waals surface area (Å²) < 4.78 is 2.55. The molecular formula is C10H14BrN5S. The molecule has 1 unspecified atom stereocenters. The molecule has 2 heterocycles. The average Bonchev–Trinajstić information content (AvgIpc) is 2.76. The zero-order valence-electron chi connectivity index (χ0n) is 10.2. The number of rotatable bonds is 3. The topological polar surface area (TPSA) is 55.6 Å². The summed E-state index contributed by atoms with van der Waals surface area (Å²) in [5.41, 5.74) is 2.07. The lowest BCUT2D eigenvalue weighted by atomic mass is 10.1. The molecule has 0 aliphatic heterocycles. The fourth-order valence-electron chi connectivity index (χ4n) is 1.85. The van der Waals surface area contributed by atoms with E-state index in [4.69, 9.17) is 0 Å². The summed E-state index contributed by atoms with van der Waals surface area (Å²) in [6.07, 6.45) is 0. The van der Waals surface area contributed by atoms with Crippen LogP contribution >= 0.6 is 27.3 Å². The maximum Gasteiger partial charge on any atom is 0.153 e. The Balaban J connectivity index is 2.51. The lowest BCUT2D eigenvalue weighted by Crippen LogP contribution is -2.20. The molecule has 0 radical (unpaired) electrons. The number of aryl methyl sites for hydroxylation is 3. The van der Waals surface area contributed by atoms with Gasteiger partial charge in [0.1, 0.15) is 0 Å². The largest absolute Gasteiger partial charge is 0.307 e. The van der Waals surface area contributed by atoms with E-state index >= 15 is 0 Å². The van der Waals surface area contributed by atoms with Crippen LogP contribution in [0, 0.1) is 13.8 Å². The van der Waals surface area contributed by atoms with Crippen LogP contribution < -0.4 is 5.32 Å². The predicted octanol–water partition coefficient (Wildman–Crippen LogP) is 1.96. The second-order valence-electron chi connectivity index (χ2n) is 3.79. The Morgan fingerprint density at radius 2 is 2.12 bits per heavy atom. The quantitative estimate of drug-likeness (QED) is 0.940. The molecule has 5 nitrogen and oxygen atoms in total. The second-order valence-corrected chi connectivity index (χ2v) is 5.78. The average molecular weight is 316 g/mol. The first kappa shape index (κ1) is 12.7. The highest BCUT2D eigenvalue weighted by atomic mass is 79.9. The van der Waals surface area contributed by atoms with Crippen LogP contribution in [0.15, 0.2) is 4.60 Å². The maximum atomic E-state index is 4.46. The molecule has 0 saturated carbocycles. The van der Waals surface area contributed by atoms with Gasteiger partial charge in [0.15, 0.2) is 4.60 Å². The molecule has 1 atom stereocenters. The molecular weight excluding hydrogens is 302 g/mol. The first-order chi connectivity index (χ1) is 8.04. The fourth-order valence-corrected chi connectivity index (χ4v) is 3.45. The van der Waals surface area contributed by atoms with Crippen LogP contribution in [0.25, 0.3) is 0 Å². The molecule has 92 valence electrons. The van der Waals surface area contributed by atoms with E-state index < -0.39 is 0 Å². The molecule has 0 bridgehead atoms. The highest BCUT2D eigenvalue weighted by molar-refractivity contribution is 9.10. The van der Waals surface area contributed by atoms with Crippen molar-refractivity contribution >= 4 is 27.3 Å². The summed E-state index contributed by atoms with van der Waals surface area (Å²) in [4.78, 5) is 5.67. The van der Waals surface area contributed by atoms with Crippen LogP contribution in [0.2, 0.25) is 0 Å². The van der Waals surface area contributed by atoms with Crippen LogP contribution in [0.1, 0.15) is 27.3 Å². The van der Waals surface area contributed by atoms with Gasteiger partial charge in [-0.3, -0.25) is 0 Å². The maximum absolute atomic E-state index is 4.46. The Bertz CT molecular complexity index is 513. The van der Waals surface area contributed by atoms with Crippen LogP contribution in [0.4, 0.5) is 0 Å². The monoisotopic (exact) mass is 315 g/mol. The molecule has 0 aliphatic carbocycles. The molecule has 0 amide bonds. The van der Waals surface area contributed by atoms with Gasteiger partial charge in [-0.2, -0.15) is 0 Å². The molecule has 1 N–H and O–H groups in total. The van der Waals surface area contributed by atoms with Gasteiger partial charge in [-0.25, -0.2) is 9.67 Å². The smallest absolute Gasteiger partial charge is 0.153 e. The van der Waals surface area contributed by atoms with Crippen molar-refractivity contribution in [3.05, 3.63) is 25.9 Å². The highest BCUT2D eigenvalue weighted by Gasteiger charge is 2.24. The van der Waals surface area contributed by atoms with Gasteiger partial charge in [0.25, 0.3) is 0 Å². The molecule has 17 heavy (non-hydrogen) atoms. The zero-order chi connectivity index (χ0) is 12.6. The second kappa shape index (κ2) is 4.83. The van der Waals surface area contributed by atoms with E-state index in [9.17, 15) is 0 Å². The van der Waals surface area contributed by atoms with E-state index in [0.29, 0.717) is 0 Å². The molecule has 0 aliphatic rings. The van der Waals surface area contributed by atoms with Crippen molar-refractivity contribution in [1.82, 2.24) is 25.3 Å². The zero-order valence-corrected chi connectivity index (χ0v) is 12.6. The van der Waals surface area contributed by atoms with Gasteiger partial charge < -0.3 is 5.32 Å². The fraction of sp³-hybridized carbons (Fsp3) is 0.500. The van der Waals surface area contributed by atoms with Crippen molar-refractivity contribution in [3.8, 4) is 0 Å². The van der Waals surface area contributed by atoms with Crippen LogP contribution in [0.3, 0.4) is 0 Å². The molecule has 0 saturated heterocycles. The van der Waals surface area contributed by atoms with Gasteiger partial charge in [-0.1, -0.05) is 5.21 Å². The number of halogens is 1. The normalized spacial score (nSPS) is 13.0. The van der Waals surface area contributed by atoms with Crippen molar-refractivity contribution in [3.63, 3.8) is 0 Å². The van der Waals surface area contributed by atoms with Gasteiger partial charge in [0.2, 0.25) is 0 Å². The Labute approximate surface area is 112 Å². The minimum absolute atomic E-state index is 0.0653. The molecule has 2 aromatic rings. The Hall–Kier alpha value is -0.790. The van der Waals surface area contributed by atoms with E-state index in [0.717, 1.165) is 21.0 Å². The van der Waals surface area contributed by atoms with Crippen molar-refractivity contribution < 1.29 is 0 Å². The summed E-state index contributed by atoms with van der Waals surface area (Å²) in [5, 5.41) is 12.4. The number of hydrogen-bond acceptors (Lipinski definition) is 5. The summed E-state index contributed by atoms with van der Waals surface area (Å²) in [6, 6.07) is 0.0653. The van der Waals surface area contributed by atoms with E-state index in [1.807, 2.05) is 27.9 Å². The first-order valence-corrected chi connectivity index (χ1v) is 6.81. The van der Waals surface area contributed by atoms with Gasteiger partial charge in [0.05, 0.1) is 27.3 Å². The number of hydrogen-bond donors (Lipinski definition) is 1. The number of thiazole rings is 1. The Kier molecular flexibility index (Phi) is 3.60. The summed E-state index contributed by atoms with van der Waals surface area (Å²) in [5.74, 6) is 0. The molecule has 0 spiro atoms. The van der Waals surface area contributed by atoms with Crippen LogP contribution in [-0.2, 0) is 7.05 Å². The van der Waals surface area contributed by atoms with Crippen molar-refractivity contribution in [2.45, 2.75) is 19.9 Å². The highest BCUT2D eigenvalue weighted by Crippen LogP contribution is 2.32. The van der Waals surface area contributed by atoms with E-state index in [1.54, 1.807) is 16.0 Å². The minimum Gasteiger partial charge on any atom is -0.307 e. The lowest BCUT2D eigenvalue weighted by Gasteiger charge is -2.15. The standard InChI is InChI=1S/C10H14BrN5S/c1-5-9(17-6(2)13-5)7(12-3)8-10(11)14-15-16(8)4/h7,12H,1-4H3. The first-order valence-electron chi connectivity index (χ1n) is 5.20. The van der Waals surface area contributed by atoms with E-state index in [1.165, 1.54) is 4.88 Å². The van der Waals surface area contributed by atoms with Crippen molar-refractivity contribution in [2.24, 2.45) is 7.05 Å². The predicted molar refractivity (Wildman–Crippen MR) is 71.2 cm³/mol. The van der Waals surface area contributed by atoms with Gasteiger partial charge >= 0.3 is 0 Å². The van der Waals surface area contributed by atoms with Gasteiger partial charge in [-0.05, 0) is 36.8 Å². The number of aromatic nitrogens is 4. The molecule has 2 rings (SSSR count). The third-order valence-electron chi connectivity index (χ3n) is 2.59. The third-order valence-corrected chi connectivity index (χ3v) is 4.29. The summed E-state index contributed by atoms with van der Waals surface area (Å²) in [6.45, 7) is 4.05.